The number of anilines is 1. The van der Waals surface area contributed by atoms with Crippen molar-refractivity contribution in [3.8, 4) is 16.5 Å². The van der Waals surface area contributed by atoms with E-state index in [-0.39, 0.29) is 24.5 Å². The Bertz CT molecular complexity index is 1070. The number of amides is 2. The molecule has 0 spiro atoms. The van der Waals surface area contributed by atoms with Crippen LogP contribution in [0.2, 0.25) is 0 Å². The van der Waals surface area contributed by atoms with Gasteiger partial charge in [0, 0.05) is 0 Å². The van der Waals surface area contributed by atoms with Crippen LogP contribution in [0.25, 0.3) is 10.8 Å². The molecule has 0 unspecified atom stereocenters. The highest BCUT2D eigenvalue weighted by Crippen LogP contribution is 2.32. The fourth-order valence-electron chi connectivity index (χ4n) is 2.98. The van der Waals surface area contributed by atoms with Crippen molar-refractivity contribution >= 4 is 28.8 Å². The second kappa shape index (κ2) is 7.12. The fourth-order valence-corrected chi connectivity index (χ4v) is 3.91. The molecule has 2 N–H and O–H groups in total. The Morgan fingerprint density at radius 3 is 2.86 bits per heavy atom. The van der Waals surface area contributed by atoms with E-state index in [1.54, 1.807) is 13.0 Å². The maximum Gasteiger partial charge on any atom is 0.263 e. The van der Waals surface area contributed by atoms with Gasteiger partial charge in [-0.2, -0.15) is 0 Å². The highest BCUT2D eigenvalue weighted by atomic mass is 32.1. The topological polar surface area (TPSA) is 93.5 Å². The van der Waals surface area contributed by atoms with Crippen LogP contribution in [0, 0.1) is 13.8 Å². The number of rotatable bonds is 4. The predicted molar refractivity (Wildman–Crippen MR) is 106 cm³/mol. The van der Waals surface area contributed by atoms with Crippen molar-refractivity contribution in [2.75, 3.05) is 11.9 Å². The molecule has 0 aliphatic carbocycles. The lowest BCUT2D eigenvalue weighted by Crippen LogP contribution is -2.28. The number of carbonyl (C=O) groups excluding carboxylic acids is 2. The molecule has 0 saturated heterocycles. The summed E-state index contributed by atoms with van der Waals surface area (Å²) in [5, 5.41) is 6.44. The Hall–Kier alpha value is -3.13. The van der Waals surface area contributed by atoms with Gasteiger partial charge in [0.15, 0.2) is 17.4 Å². The molecule has 144 valence electrons. The standard InChI is InChI=1S/C20H19N3O4S/c1-10-4-6-16(27-10)20-22-12(3)18(28-20)19(25)21-11(2)13-5-7-15-14(8-13)23-17(24)9-26-15/h4-8,11H,9H2,1-3H3,(H,21,25)(H,23,24)/t11-/m0/s1. The van der Waals surface area contributed by atoms with E-state index >= 15 is 0 Å². The first kappa shape index (κ1) is 18.2. The third-order valence-corrected chi connectivity index (χ3v) is 5.61. The molecule has 28 heavy (non-hydrogen) atoms. The van der Waals surface area contributed by atoms with E-state index < -0.39 is 0 Å². The number of fused-ring (bicyclic) bond motifs is 1. The van der Waals surface area contributed by atoms with Crippen molar-refractivity contribution in [3.63, 3.8) is 0 Å². The van der Waals surface area contributed by atoms with Crippen LogP contribution >= 0.6 is 11.3 Å². The van der Waals surface area contributed by atoms with Gasteiger partial charge in [-0.25, -0.2) is 4.98 Å². The molecular weight excluding hydrogens is 378 g/mol. The zero-order chi connectivity index (χ0) is 19.8. The minimum Gasteiger partial charge on any atom is -0.482 e. The van der Waals surface area contributed by atoms with E-state index in [9.17, 15) is 9.59 Å². The Balaban J connectivity index is 1.51. The van der Waals surface area contributed by atoms with E-state index in [0.29, 0.717) is 32.8 Å². The number of aromatic nitrogens is 1. The molecule has 0 radical (unpaired) electrons. The molecule has 2 aromatic heterocycles. The first-order valence-corrected chi connectivity index (χ1v) is 9.64. The van der Waals surface area contributed by atoms with Gasteiger partial charge < -0.3 is 19.8 Å². The van der Waals surface area contributed by atoms with Gasteiger partial charge in [-0.05, 0) is 50.6 Å². The minimum atomic E-state index is -0.257. The maximum absolute atomic E-state index is 12.8. The van der Waals surface area contributed by atoms with Gasteiger partial charge in [0.2, 0.25) is 0 Å². The number of carbonyl (C=O) groups is 2. The summed E-state index contributed by atoms with van der Waals surface area (Å²) in [6.07, 6.45) is 0. The molecule has 1 aliphatic heterocycles. The first-order valence-electron chi connectivity index (χ1n) is 8.82. The smallest absolute Gasteiger partial charge is 0.263 e. The van der Waals surface area contributed by atoms with Crippen LogP contribution < -0.4 is 15.4 Å². The average molecular weight is 397 g/mol. The third-order valence-electron chi connectivity index (χ3n) is 4.44. The molecule has 1 aliphatic rings. The largest absolute Gasteiger partial charge is 0.482 e. The van der Waals surface area contributed by atoms with Crippen LogP contribution in [0.3, 0.4) is 0 Å². The number of hydrogen-bond acceptors (Lipinski definition) is 6. The van der Waals surface area contributed by atoms with Crippen molar-refractivity contribution in [1.29, 1.82) is 0 Å². The predicted octanol–water partition coefficient (Wildman–Crippen LogP) is 3.84. The number of furan rings is 1. The second-order valence-corrected chi connectivity index (χ2v) is 7.63. The number of thiazole rings is 1. The number of benzene rings is 1. The molecule has 3 aromatic rings. The Labute approximate surface area is 165 Å². The summed E-state index contributed by atoms with van der Waals surface area (Å²) in [5.74, 6) is 1.69. The number of nitrogens with zero attached hydrogens (tertiary/aromatic N) is 1. The highest BCUT2D eigenvalue weighted by Gasteiger charge is 2.21. The molecule has 7 nitrogen and oxygen atoms in total. The Kier molecular flexibility index (Phi) is 4.64. The molecule has 0 bridgehead atoms. The van der Waals surface area contributed by atoms with E-state index in [0.717, 1.165) is 11.3 Å². The number of hydrogen-bond donors (Lipinski definition) is 2. The first-order chi connectivity index (χ1) is 13.4. The third kappa shape index (κ3) is 3.50. The van der Waals surface area contributed by atoms with Crippen molar-refractivity contribution in [2.45, 2.75) is 26.8 Å². The number of ether oxygens (including phenoxy) is 1. The minimum absolute atomic E-state index is 0.0147. The van der Waals surface area contributed by atoms with Gasteiger partial charge in [-0.15, -0.1) is 11.3 Å². The summed E-state index contributed by atoms with van der Waals surface area (Å²) in [4.78, 5) is 29.3. The second-order valence-electron chi connectivity index (χ2n) is 6.63. The van der Waals surface area contributed by atoms with E-state index in [1.807, 2.05) is 38.1 Å². The van der Waals surface area contributed by atoms with Gasteiger partial charge in [0.05, 0.1) is 17.4 Å². The summed E-state index contributed by atoms with van der Waals surface area (Å²) >= 11 is 1.30. The molecule has 2 amide bonds. The summed E-state index contributed by atoms with van der Waals surface area (Å²) in [6, 6.07) is 8.94. The lowest BCUT2D eigenvalue weighted by atomic mass is 10.1. The van der Waals surface area contributed by atoms with Gasteiger partial charge >= 0.3 is 0 Å². The van der Waals surface area contributed by atoms with Crippen molar-refractivity contribution in [3.05, 3.63) is 52.2 Å². The molecule has 0 saturated carbocycles. The van der Waals surface area contributed by atoms with Crippen LogP contribution in [0.1, 0.15) is 39.7 Å². The Morgan fingerprint density at radius 2 is 2.11 bits per heavy atom. The lowest BCUT2D eigenvalue weighted by Gasteiger charge is -2.20. The normalized spacial score (nSPS) is 14.0. The molecule has 0 fully saturated rings. The van der Waals surface area contributed by atoms with Crippen molar-refractivity contribution < 1.29 is 18.7 Å². The van der Waals surface area contributed by atoms with Gasteiger partial charge in [0.25, 0.3) is 11.8 Å². The average Bonchev–Trinajstić information content (AvgIpc) is 3.26. The molecule has 1 atom stereocenters. The van der Waals surface area contributed by atoms with E-state index in [1.165, 1.54) is 11.3 Å². The fraction of sp³-hybridized carbons (Fsp3) is 0.250. The molecule has 8 heteroatoms. The van der Waals surface area contributed by atoms with E-state index in [4.69, 9.17) is 9.15 Å². The van der Waals surface area contributed by atoms with Crippen LogP contribution in [0.15, 0.2) is 34.7 Å². The van der Waals surface area contributed by atoms with Gasteiger partial charge in [-0.1, -0.05) is 6.07 Å². The summed E-state index contributed by atoms with van der Waals surface area (Å²) in [6.45, 7) is 5.57. The number of aryl methyl sites for hydroxylation is 2. The van der Waals surface area contributed by atoms with Gasteiger partial charge in [-0.3, -0.25) is 9.59 Å². The summed E-state index contributed by atoms with van der Waals surface area (Å²) in [7, 11) is 0. The monoisotopic (exact) mass is 397 g/mol. The van der Waals surface area contributed by atoms with Crippen LogP contribution in [-0.2, 0) is 4.79 Å². The molecule has 4 rings (SSSR count). The highest BCUT2D eigenvalue weighted by molar-refractivity contribution is 7.17. The van der Waals surface area contributed by atoms with E-state index in [2.05, 4.69) is 15.6 Å². The quantitative estimate of drug-likeness (QED) is 0.698. The summed E-state index contributed by atoms with van der Waals surface area (Å²) in [5.41, 5.74) is 2.13. The Morgan fingerprint density at radius 1 is 1.29 bits per heavy atom. The van der Waals surface area contributed by atoms with Crippen LogP contribution in [-0.4, -0.2) is 23.4 Å². The molecular formula is C20H19N3O4S. The molecule has 1 aromatic carbocycles. The van der Waals surface area contributed by atoms with Crippen LogP contribution in [0.4, 0.5) is 5.69 Å². The van der Waals surface area contributed by atoms with Crippen molar-refractivity contribution in [1.82, 2.24) is 10.3 Å². The maximum atomic E-state index is 12.8. The molecule has 3 heterocycles. The van der Waals surface area contributed by atoms with Crippen LogP contribution in [0.5, 0.6) is 5.75 Å². The van der Waals surface area contributed by atoms with Crippen molar-refractivity contribution in [2.24, 2.45) is 0 Å². The SMILES string of the molecule is Cc1ccc(-c2nc(C)c(C(=O)N[C@@H](C)c3ccc4c(c3)NC(=O)CO4)s2)o1. The number of nitrogens with one attached hydrogen (secondary N) is 2. The zero-order valence-corrected chi connectivity index (χ0v) is 16.5. The lowest BCUT2D eigenvalue weighted by molar-refractivity contribution is -0.118. The van der Waals surface area contributed by atoms with Gasteiger partial charge in [0.1, 0.15) is 16.4 Å². The summed E-state index contributed by atoms with van der Waals surface area (Å²) < 4.78 is 11.0. The zero-order valence-electron chi connectivity index (χ0n) is 15.7.